The zero-order valence-corrected chi connectivity index (χ0v) is 6.44. The first-order chi connectivity index (χ1) is 5.16. The van der Waals surface area contributed by atoms with Crippen LogP contribution in [-0.4, -0.2) is 50.8 Å². The van der Waals surface area contributed by atoms with Gasteiger partial charge in [0.05, 0.1) is 6.61 Å². The van der Waals surface area contributed by atoms with Crippen molar-refractivity contribution in [2.45, 2.75) is 23.7 Å². The number of aliphatic hydroxyl groups excluding tert-OH is 4. The van der Waals surface area contributed by atoms with Crippen LogP contribution in [0.15, 0.2) is 0 Å². The minimum atomic E-state index is -1.26. The van der Waals surface area contributed by atoms with Crippen LogP contribution in [0.5, 0.6) is 0 Å². The summed E-state index contributed by atoms with van der Waals surface area (Å²) in [7, 11) is 0. The van der Waals surface area contributed by atoms with E-state index in [2.05, 4.69) is 0 Å². The van der Waals surface area contributed by atoms with Crippen molar-refractivity contribution in [1.29, 1.82) is 0 Å². The van der Waals surface area contributed by atoms with Gasteiger partial charge >= 0.3 is 0 Å². The summed E-state index contributed by atoms with van der Waals surface area (Å²) in [6.07, 6.45) is -3.31. The molecular formula is C5H10O5S. The van der Waals surface area contributed by atoms with Crippen LogP contribution in [0.25, 0.3) is 0 Å². The fourth-order valence-electron chi connectivity index (χ4n) is 0.769. The number of hydrogen-bond acceptors (Lipinski definition) is 6. The summed E-state index contributed by atoms with van der Waals surface area (Å²) in [6.45, 7) is -0.377. The second-order valence-electron chi connectivity index (χ2n) is 2.29. The summed E-state index contributed by atoms with van der Waals surface area (Å²) in [5, 5.41) is 35.6. The van der Waals surface area contributed by atoms with Crippen molar-refractivity contribution < 1.29 is 24.6 Å². The smallest absolute Gasteiger partial charge is 0.153 e. The Morgan fingerprint density at radius 1 is 1.18 bits per heavy atom. The lowest BCUT2D eigenvalue weighted by molar-refractivity contribution is -0.101. The lowest BCUT2D eigenvalue weighted by Gasteiger charge is -2.32. The molecule has 1 aliphatic rings. The van der Waals surface area contributed by atoms with Gasteiger partial charge in [0, 0.05) is 12.0 Å². The van der Waals surface area contributed by atoms with Crippen LogP contribution >= 0.6 is 12.0 Å². The van der Waals surface area contributed by atoms with Crippen molar-refractivity contribution in [1.82, 2.24) is 0 Å². The van der Waals surface area contributed by atoms with Crippen LogP contribution in [0.2, 0.25) is 0 Å². The van der Waals surface area contributed by atoms with Gasteiger partial charge in [-0.1, -0.05) is 0 Å². The predicted octanol–water partition coefficient (Wildman–Crippen LogP) is -1.93. The van der Waals surface area contributed by atoms with Crippen LogP contribution in [-0.2, 0) is 4.18 Å². The molecule has 0 spiro atoms. The Balaban J connectivity index is 2.52. The molecule has 4 atom stereocenters. The third-order valence-electron chi connectivity index (χ3n) is 1.48. The van der Waals surface area contributed by atoms with E-state index < -0.39 is 23.7 Å². The Labute approximate surface area is 67.8 Å². The van der Waals surface area contributed by atoms with Gasteiger partial charge in [0.25, 0.3) is 0 Å². The standard InChI is InChI=1S/C5H10O5S/c6-1-2-3(7)4(8)5(9)11-10-2/h2-9H,1H2/t2?,3-,4+,5+/m1/s1. The van der Waals surface area contributed by atoms with E-state index >= 15 is 0 Å². The van der Waals surface area contributed by atoms with Gasteiger partial charge in [0.2, 0.25) is 0 Å². The molecule has 5 nitrogen and oxygen atoms in total. The summed E-state index contributed by atoms with van der Waals surface area (Å²) in [4.78, 5) is 0. The molecule has 0 amide bonds. The molecule has 0 aliphatic carbocycles. The molecule has 0 aromatic heterocycles. The Kier molecular flexibility index (Phi) is 3.11. The SMILES string of the molecule is OCC1OS[C@H](O)[C@@H](O)[C@@H]1O. The van der Waals surface area contributed by atoms with Gasteiger partial charge in [-0.15, -0.1) is 0 Å². The number of rotatable bonds is 1. The van der Waals surface area contributed by atoms with Crippen LogP contribution in [0.3, 0.4) is 0 Å². The summed E-state index contributed by atoms with van der Waals surface area (Å²) < 4.78 is 4.73. The molecule has 4 N–H and O–H groups in total. The highest BCUT2D eigenvalue weighted by Gasteiger charge is 2.38. The Hall–Kier alpha value is 0.150. The van der Waals surface area contributed by atoms with Crippen molar-refractivity contribution in [2.24, 2.45) is 0 Å². The molecule has 1 fully saturated rings. The molecule has 0 saturated carbocycles. The molecule has 1 unspecified atom stereocenters. The highest BCUT2D eigenvalue weighted by Crippen LogP contribution is 2.26. The molecule has 0 radical (unpaired) electrons. The van der Waals surface area contributed by atoms with E-state index in [0.717, 1.165) is 0 Å². The molecule has 0 aromatic carbocycles. The van der Waals surface area contributed by atoms with E-state index in [1.807, 2.05) is 0 Å². The topological polar surface area (TPSA) is 90.2 Å². The van der Waals surface area contributed by atoms with Gasteiger partial charge in [-0.05, 0) is 0 Å². The molecule has 1 aliphatic heterocycles. The maximum atomic E-state index is 9.10. The van der Waals surface area contributed by atoms with Gasteiger partial charge in [-0.3, -0.25) is 0 Å². The molecule has 1 heterocycles. The van der Waals surface area contributed by atoms with Gasteiger partial charge < -0.3 is 24.6 Å². The first-order valence-electron chi connectivity index (χ1n) is 3.14. The average molecular weight is 182 g/mol. The summed E-state index contributed by atoms with van der Waals surface area (Å²) in [5.41, 5.74) is -1.15. The normalized spacial score (nSPS) is 45.8. The Morgan fingerprint density at radius 3 is 2.36 bits per heavy atom. The van der Waals surface area contributed by atoms with E-state index in [0.29, 0.717) is 12.0 Å². The maximum Gasteiger partial charge on any atom is 0.153 e. The van der Waals surface area contributed by atoms with E-state index in [1.54, 1.807) is 0 Å². The van der Waals surface area contributed by atoms with E-state index in [9.17, 15) is 0 Å². The molecule has 0 bridgehead atoms. The minimum absolute atomic E-state index is 0.377. The molecule has 11 heavy (non-hydrogen) atoms. The average Bonchev–Trinajstić information content (AvgIpc) is 2.01. The van der Waals surface area contributed by atoms with E-state index in [1.165, 1.54) is 0 Å². The maximum absolute atomic E-state index is 9.10. The minimum Gasteiger partial charge on any atom is -0.394 e. The van der Waals surface area contributed by atoms with Crippen molar-refractivity contribution in [3.63, 3.8) is 0 Å². The molecule has 6 heteroatoms. The van der Waals surface area contributed by atoms with Crippen LogP contribution in [0.4, 0.5) is 0 Å². The largest absolute Gasteiger partial charge is 0.394 e. The molecular weight excluding hydrogens is 172 g/mol. The highest BCUT2D eigenvalue weighted by molar-refractivity contribution is 7.95. The zero-order chi connectivity index (χ0) is 8.43. The monoisotopic (exact) mass is 182 g/mol. The molecule has 1 rings (SSSR count). The van der Waals surface area contributed by atoms with Crippen molar-refractivity contribution in [3.05, 3.63) is 0 Å². The first kappa shape index (κ1) is 9.24. The zero-order valence-electron chi connectivity index (χ0n) is 5.62. The number of aliphatic hydroxyl groups is 4. The Bertz CT molecular complexity index is 130. The second-order valence-corrected chi connectivity index (χ2v) is 3.15. The van der Waals surface area contributed by atoms with Crippen LogP contribution in [0.1, 0.15) is 0 Å². The summed E-state index contributed by atoms with van der Waals surface area (Å²) in [6, 6.07) is 0. The van der Waals surface area contributed by atoms with E-state index in [4.69, 9.17) is 24.6 Å². The molecule has 66 valence electrons. The third kappa shape index (κ3) is 1.84. The van der Waals surface area contributed by atoms with E-state index in [-0.39, 0.29) is 6.61 Å². The quantitative estimate of drug-likeness (QED) is 0.353. The van der Waals surface area contributed by atoms with Gasteiger partial charge in [-0.2, -0.15) is 0 Å². The lowest BCUT2D eigenvalue weighted by atomic mass is 10.1. The van der Waals surface area contributed by atoms with Crippen LogP contribution in [0, 0.1) is 0 Å². The predicted molar refractivity (Wildman–Crippen MR) is 37.6 cm³/mol. The van der Waals surface area contributed by atoms with Gasteiger partial charge in [0.1, 0.15) is 18.3 Å². The van der Waals surface area contributed by atoms with Crippen molar-refractivity contribution in [3.8, 4) is 0 Å². The lowest BCUT2D eigenvalue weighted by Crippen LogP contribution is -2.49. The van der Waals surface area contributed by atoms with Gasteiger partial charge in [-0.25, -0.2) is 0 Å². The second kappa shape index (κ2) is 3.70. The van der Waals surface area contributed by atoms with Crippen molar-refractivity contribution in [2.75, 3.05) is 6.61 Å². The highest BCUT2D eigenvalue weighted by atomic mass is 32.2. The first-order valence-corrected chi connectivity index (χ1v) is 3.94. The fourth-order valence-corrected chi connectivity index (χ4v) is 1.48. The third-order valence-corrected chi connectivity index (χ3v) is 2.32. The fraction of sp³-hybridized carbons (Fsp3) is 1.00. The van der Waals surface area contributed by atoms with Gasteiger partial charge in [0.15, 0.2) is 5.44 Å². The Morgan fingerprint density at radius 2 is 1.82 bits per heavy atom. The van der Waals surface area contributed by atoms with Crippen LogP contribution < -0.4 is 0 Å². The molecule has 1 saturated heterocycles. The summed E-state index contributed by atoms with van der Waals surface area (Å²) in [5.74, 6) is 0. The van der Waals surface area contributed by atoms with Crippen molar-refractivity contribution >= 4 is 12.0 Å². The summed E-state index contributed by atoms with van der Waals surface area (Å²) >= 11 is 0.648. The number of hydrogen-bond donors (Lipinski definition) is 4. The molecule has 0 aromatic rings.